The normalized spacial score (nSPS) is 14.2. The first-order valence-electron chi connectivity index (χ1n) is 10.2. The van der Waals surface area contributed by atoms with Gasteiger partial charge in [-0.3, -0.25) is 9.69 Å². The lowest BCUT2D eigenvalue weighted by Crippen LogP contribution is -2.38. The van der Waals surface area contributed by atoms with E-state index in [1.807, 2.05) is 0 Å². The molecule has 0 aliphatic carbocycles. The van der Waals surface area contributed by atoms with Crippen LogP contribution in [0.1, 0.15) is 6.42 Å². The third kappa shape index (κ3) is 5.97. The van der Waals surface area contributed by atoms with Crippen molar-refractivity contribution in [2.75, 3.05) is 43.5 Å². The zero-order valence-electron chi connectivity index (χ0n) is 17.2. The molecule has 1 saturated heterocycles. The first-order chi connectivity index (χ1) is 15.6. The molecule has 1 fully saturated rings. The lowest BCUT2D eigenvalue weighted by molar-refractivity contribution is -0.116. The maximum atomic E-state index is 14.2. The van der Waals surface area contributed by atoms with Crippen LogP contribution < -0.4 is 10.6 Å². The molecule has 8 nitrogen and oxygen atoms in total. The molecule has 2 N–H and O–H groups in total. The van der Waals surface area contributed by atoms with Gasteiger partial charge in [0.25, 0.3) is 0 Å². The molecule has 166 valence electrons. The maximum Gasteiger partial charge on any atom is 0.226 e. The third-order valence-electron chi connectivity index (χ3n) is 4.93. The van der Waals surface area contributed by atoms with Crippen LogP contribution in [0.4, 0.5) is 21.6 Å². The van der Waals surface area contributed by atoms with Crippen molar-refractivity contribution in [1.29, 1.82) is 0 Å². The number of nitrogens with zero attached hydrogens (tertiary/aromatic N) is 4. The number of halogens is 2. The zero-order valence-corrected chi connectivity index (χ0v) is 18.0. The molecule has 1 aliphatic heterocycles. The van der Waals surface area contributed by atoms with Crippen LogP contribution in [0, 0.1) is 5.82 Å². The first-order valence-corrected chi connectivity index (χ1v) is 10.6. The van der Waals surface area contributed by atoms with Crippen molar-refractivity contribution in [3.05, 3.63) is 59.6 Å². The lowest BCUT2D eigenvalue weighted by Gasteiger charge is -2.26. The van der Waals surface area contributed by atoms with Crippen LogP contribution in [-0.2, 0) is 9.53 Å². The molecule has 0 bridgehead atoms. The van der Waals surface area contributed by atoms with Gasteiger partial charge in [-0.1, -0.05) is 11.6 Å². The number of anilines is 3. The second kappa shape index (κ2) is 10.4. The summed E-state index contributed by atoms with van der Waals surface area (Å²) in [6.07, 6.45) is 3.49. The fourth-order valence-corrected chi connectivity index (χ4v) is 3.47. The fraction of sp³-hybridized carbons (Fsp3) is 0.273. The van der Waals surface area contributed by atoms with Crippen molar-refractivity contribution < 1.29 is 13.9 Å². The number of carbonyl (C=O) groups is 1. The van der Waals surface area contributed by atoms with Gasteiger partial charge >= 0.3 is 0 Å². The number of hydrogen-bond donors (Lipinski definition) is 2. The van der Waals surface area contributed by atoms with Gasteiger partial charge in [0.15, 0.2) is 0 Å². The number of nitrogens with one attached hydrogen (secondary N) is 2. The predicted molar refractivity (Wildman–Crippen MR) is 120 cm³/mol. The molecule has 1 amide bonds. The molecule has 0 unspecified atom stereocenters. The Balaban J connectivity index is 1.39. The van der Waals surface area contributed by atoms with E-state index in [0.29, 0.717) is 54.1 Å². The van der Waals surface area contributed by atoms with Crippen molar-refractivity contribution in [3.63, 3.8) is 0 Å². The van der Waals surface area contributed by atoms with Gasteiger partial charge in [-0.2, -0.15) is 10.2 Å². The highest BCUT2D eigenvalue weighted by Gasteiger charge is 2.13. The number of morpholine rings is 1. The Bertz CT molecular complexity index is 1090. The monoisotopic (exact) mass is 456 g/mol. The van der Waals surface area contributed by atoms with Crippen molar-refractivity contribution in [2.24, 2.45) is 0 Å². The third-order valence-corrected chi connectivity index (χ3v) is 5.17. The Morgan fingerprint density at radius 1 is 1.16 bits per heavy atom. The van der Waals surface area contributed by atoms with Gasteiger partial charge in [-0.15, -0.1) is 0 Å². The van der Waals surface area contributed by atoms with Gasteiger partial charge in [0.05, 0.1) is 30.8 Å². The van der Waals surface area contributed by atoms with Crippen LogP contribution in [0.15, 0.2) is 48.8 Å². The van der Waals surface area contributed by atoms with Gasteiger partial charge in [0.1, 0.15) is 11.6 Å². The van der Waals surface area contributed by atoms with Crippen LogP contribution in [0.5, 0.6) is 0 Å². The molecule has 4 rings (SSSR count). The van der Waals surface area contributed by atoms with E-state index in [1.54, 1.807) is 24.4 Å². The molecule has 10 heteroatoms. The summed E-state index contributed by atoms with van der Waals surface area (Å²) in [7, 11) is 0. The average molecular weight is 457 g/mol. The summed E-state index contributed by atoms with van der Waals surface area (Å²) in [4.78, 5) is 18.7. The number of hydrogen-bond acceptors (Lipinski definition) is 7. The van der Waals surface area contributed by atoms with E-state index < -0.39 is 5.82 Å². The van der Waals surface area contributed by atoms with E-state index in [1.165, 1.54) is 24.4 Å². The minimum Gasteiger partial charge on any atom is -0.379 e. The summed E-state index contributed by atoms with van der Waals surface area (Å²) < 4.78 is 19.5. The molecule has 0 saturated carbocycles. The predicted octanol–water partition coefficient (Wildman–Crippen LogP) is 3.74. The standard InChI is InChI=1S/C22H22ClFN6O2/c23-15-1-2-19(24)18(11-15)20-12-17(14-26-29-20)27-16-3-5-25-21(13-16)28-22(31)4-6-30-7-9-32-10-8-30/h1-3,5,11-14H,4,6-10H2,(H2,25,27,28,29,31). The topological polar surface area (TPSA) is 92.3 Å². The summed E-state index contributed by atoms with van der Waals surface area (Å²) in [6, 6.07) is 9.40. The van der Waals surface area contributed by atoms with Crippen molar-refractivity contribution in [2.45, 2.75) is 6.42 Å². The van der Waals surface area contributed by atoms with E-state index in [4.69, 9.17) is 16.3 Å². The molecule has 32 heavy (non-hydrogen) atoms. The number of aromatic nitrogens is 3. The van der Waals surface area contributed by atoms with E-state index in [2.05, 4.69) is 30.7 Å². The van der Waals surface area contributed by atoms with E-state index >= 15 is 0 Å². The Morgan fingerprint density at radius 2 is 2.00 bits per heavy atom. The molecule has 0 atom stereocenters. The van der Waals surface area contributed by atoms with Gasteiger partial charge in [-0.25, -0.2) is 9.37 Å². The lowest BCUT2D eigenvalue weighted by atomic mass is 10.1. The summed E-state index contributed by atoms with van der Waals surface area (Å²) >= 11 is 5.98. The second-order valence-corrected chi connectivity index (χ2v) is 7.70. The number of benzene rings is 1. The molecular formula is C22H22ClFN6O2. The van der Waals surface area contributed by atoms with Crippen LogP contribution in [0.3, 0.4) is 0 Å². The minimum absolute atomic E-state index is 0.106. The van der Waals surface area contributed by atoms with Crippen molar-refractivity contribution >= 4 is 34.7 Å². The summed E-state index contributed by atoms with van der Waals surface area (Å²) in [5.41, 5.74) is 1.90. The van der Waals surface area contributed by atoms with Crippen molar-refractivity contribution in [1.82, 2.24) is 20.1 Å². The SMILES string of the molecule is O=C(CCN1CCOCC1)Nc1cc(Nc2cnnc(-c3cc(Cl)ccc3F)c2)ccn1. The Labute approximate surface area is 189 Å². The fourth-order valence-electron chi connectivity index (χ4n) is 3.29. The van der Waals surface area contributed by atoms with Gasteiger partial charge in [0, 0.05) is 54.6 Å². The van der Waals surface area contributed by atoms with Crippen LogP contribution >= 0.6 is 11.6 Å². The quantitative estimate of drug-likeness (QED) is 0.559. The first kappa shape index (κ1) is 22.1. The zero-order chi connectivity index (χ0) is 22.3. The summed E-state index contributed by atoms with van der Waals surface area (Å²) in [6.45, 7) is 3.76. The van der Waals surface area contributed by atoms with Gasteiger partial charge in [-0.05, 0) is 30.3 Å². The van der Waals surface area contributed by atoms with E-state index in [0.717, 1.165) is 13.1 Å². The van der Waals surface area contributed by atoms with Crippen molar-refractivity contribution in [3.8, 4) is 11.3 Å². The smallest absolute Gasteiger partial charge is 0.226 e. The number of pyridine rings is 1. The summed E-state index contributed by atoms with van der Waals surface area (Å²) in [5.74, 6) is -0.109. The highest BCUT2D eigenvalue weighted by atomic mass is 35.5. The second-order valence-electron chi connectivity index (χ2n) is 7.26. The Kier molecular flexibility index (Phi) is 7.21. The number of amides is 1. The molecule has 1 aromatic carbocycles. The molecule has 0 spiro atoms. The summed E-state index contributed by atoms with van der Waals surface area (Å²) in [5, 5.41) is 14.3. The molecular weight excluding hydrogens is 435 g/mol. The van der Waals surface area contributed by atoms with Gasteiger partial charge in [0.2, 0.25) is 5.91 Å². The average Bonchev–Trinajstić information content (AvgIpc) is 2.80. The number of carbonyl (C=O) groups excluding carboxylic acids is 1. The molecule has 2 aromatic heterocycles. The largest absolute Gasteiger partial charge is 0.379 e. The van der Waals surface area contributed by atoms with E-state index in [9.17, 15) is 9.18 Å². The molecule has 1 aliphatic rings. The highest BCUT2D eigenvalue weighted by molar-refractivity contribution is 6.30. The van der Waals surface area contributed by atoms with Gasteiger partial charge < -0.3 is 15.4 Å². The van der Waals surface area contributed by atoms with Crippen LogP contribution in [0.25, 0.3) is 11.3 Å². The Hall–Kier alpha value is -3.14. The highest BCUT2D eigenvalue weighted by Crippen LogP contribution is 2.27. The molecule has 3 heterocycles. The Morgan fingerprint density at radius 3 is 2.84 bits per heavy atom. The van der Waals surface area contributed by atoms with Crippen LogP contribution in [0.2, 0.25) is 5.02 Å². The number of rotatable bonds is 7. The van der Waals surface area contributed by atoms with Crippen LogP contribution in [-0.4, -0.2) is 58.8 Å². The van der Waals surface area contributed by atoms with E-state index in [-0.39, 0.29) is 11.5 Å². The molecule has 3 aromatic rings. The minimum atomic E-state index is -0.438. The molecule has 0 radical (unpaired) electrons. The number of ether oxygens (including phenoxy) is 1. The maximum absolute atomic E-state index is 14.2.